The summed E-state index contributed by atoms with van der Waals surface area (Å²) in [6.45, 7) is 2.37. The van der Waals surface area contributed by atoms with Crippen molar-refractivity contribution in [2.45, 2.75) is 38.0 Å². The van der Waals surface area contributed by atoms with Crippen molar-refractivity contribution in [3.8, 4) is 0 Å². The van der Waals surface area contributed by atoms with E-state index in [1.54, 1.807) is 0 Å². The first-order chi connectivity index (χ1) is 8.63. The quantitative estimate of drug-likeness (QED) is 0.627. The summed E-state index contributed by atoms with van der Waals surface area (Å²) in [5.41, 5.74) is 2.95. The monoisotopic (exact) mass is 238 g/mol. The maximum atomic E-state index is 12.3. The fourth-order valence-electron chi connectivity index (χ4n) is 4.56. The summed E-state index contributed by atoms with van der Waals surface area (Å²) in [4.78, 5) is 12.3. The van der Waals surface area contributed by atoms with Gasteiger partial charge < -0.3 is 0 Å². The highest BCUT2D eigenvalue weighted by molar-refractivity contribution is 5.99. The number of allylic oxidation sites excluding steroid dienone is 2. The summed E-state index contributed by atoms with van der Waals surface area (Å²) in [5.74, 6) is 0.775. The number of ketones is 1. The third kappa shape index (κ3) is 1.15. The number of carbonyl (C=O) groups is 1. The van der Waals surface area contributed by atoms with Crippen molar-refractivity contribution < 1.29 is 4.79 Å². The van der Waals surface area contributed by atoms with Gasteiger partial charge >= 0.3 is 0 Å². The maximum Gasteiger partial charge on any atom is 0.163 e. The maximum absolute atomic E-state index is 12.3. The summed E-state index contributed by atoms with van der Waals surface area (Å²) < 4.78 is 0. The van der Waals surface area contributed by atoms with Gasteiger partial charge in [0.2, 0.25) is 0 Å². The third-order valence-electron chi connectivity index (χ3n) is 5.47. The average molecular weight is 238 g/mol. The first-order valence-corrected chi connectivity index (χ1v) is 6.95. The Balaban J connectivity index is 1.97. The Bertz CT molecular complexity index is 571. The van der Waals surface area contributed by atoms with E-state index in [2.05, 4.69) is 31.2 Å². The van der Waals surface area contributed by atoms with Crippen LogP contribution in [0.3, 0.4) is 0 Å². The van der Waals surface area contributed by atoms with Gasteiger partial charge in [-0.2, -0.15) is 0 Å². The van der Waals surface area contributed by atoms with Crippen LogP contribution in [0.5, 0.6) is 0 Å². The van der Waals surface area contributed by atoms with Gasteiger partial charge in [0, 0.05) is 17.4 Å². The molecular formula is C17H18O. The van der Waals surface area contributed by atoms with E-state index >= 15 is 0 Å². The molecule has 0 unspecified atom stereocenters. The van der Waals surface area contributed by atoms with Crippen LogP contribution >= 0.6 is 0 Å². The van der Waals surface area contributed by atoms with Crippen molar-refractivity contribution in [1.29, 1.82) is 0 Å². The van der Waals surface area contributed by atoms with Crippen LogP contribution in [0.4, 0.5) is 0 Å². The lowest BCUT2D eigenvalue weighted by Gasteiger charge is -2.44. The number of Topliss-reactive ketones (excluding diaryl/α,β-unsaturated/α-hetero) is 1. The standard InChI is InChI=1S/C17H18O/c1-16-7-6-12-10-15(18)13-4-2-3-5-14(13)17(12,11-16)9-8-16/h2-7,12H,8-11H2,1H3/t12-,16+,17+/m0/s1. The summed E-state index contributed by atoms with van der Waals surface area (Å²) >= 11 is 0. The molecule has 0 amide bonds. The molecule has 1 nitrogen and oxygen atoms in total. The number of carbonyl (C=O) groups excluding carboxylic acids is 1. The van der Waals surface area contributed by atoms with Gasteiger partial charge in [0.05, 0.1) is 0 Å². The second-order valence-electron chi connectivity index (χ2n) is 6.63. The molecular weight excluding hydrogens is 220 g/mol. The van der Waals surface area contributed by atoms with Gasteiger partial charge in [-0.1, -0.05) is 43.3 Å². The van der Waals surface area contributed by atoms with Crippen LogP contribution in [0.2, 0.25) is 0 Å². The third-order valence-corrected chi connectivity index (χ3v) is 5.47. The largest absolute Gasteiger partial charge is 0.294 e. The van der Waals surface area contributed by atoms with E-state index in [-0.39, 0.29) is 5.41 Å². The second kappa shape index (κ2) is 3.14. The minimum atomic E-state index is 0.258. The van der Waals surface area contributed by atoms with Crippen LogP contribution in [0.15, 0.2) is 36.4 Å². The summed E-state index contributed by atoms with van der Waals surface area (Å²) in [7, 11) is 0. The molecule has 3 aliphatic rings. The van der Waals surface area contributed by atoms with E-state index in [9.17, 15) is 4.79 Å². The van der Waals surface area contributed by atoms with E-state index in [1.165, 1.54) is 24.8 Å². The lowest BCUT2D eigenvalue weighted by Crippen LogP contribution is -2.41. The van der Waals surface area contributed by atoms with Gasteiger partial charge in [0.1, 0.15) is 0 Å². The van der Waals surface area contributed by atoms with E-state index in [0.29, 0.717) is 23.5 Å². The van der Waals surface area contributed by atoms with Crippen LogP contribution in [0.1, 0.15) is 48.5 Å². The zero-order valence-corrected chi connectivity index (χ0v) is 10.8. The predicted octanol–water partition coefficient (Wildman–Crippen LogP) is 3.89. The summed E-state index contributed by atoms with van der Waals surface area (Å²) in [6.07, 6.45) is 9.16. The topological polar surface area (TPSA) is 17.1 Å². The van der Waals surface area contributed by atoms with Crippen LogP contribution in [-0.2, 0) is 5.41 Å². The van der Waals surface area contributed by atoms with Gasteiger partial charge in [-0.15, -0.1) is 0 Å². The normalized spacial score (nSPS) is 40.5. The SMILES string of the molecule is C[C@@]12C=C[C@H]3CC(=O)c4ccccc4[C@]3(CC1)C2. The fraction of sp³-hybridized carbons (Fsp3) is 0.471. The summed E-state index contributed by atoms with van der Waals surface area (Å²) in [6, 6.07) is 8.32. The molecule has 3 atom stereocenters. The van der Waals surface area contributed by atoms with Crippen molar-refractivity contribution >= 4 is 5.78 Å². The molecule has 0 heterocycles. The van der Waals surface area contributed by atoms with E-state index in [1.807, 2.05) is 12.1 Å². The lowest BCUT2D eigenvalue weighted by atomic mass is 9.58. The van der Waals surface area contributed by atoms with Gasteiger partial charge in [0.15, 0.2) is 5.78 Å². The molecule has 0 N–H and O–H groups in total. The van der Waals surface area contributed by atoms with Crippen molar-refractivity contribution in [3.63, 3.8) is 0 Å². The van der Waals surface area contributed by atoms with Crippen molar-refractivity contribution in [1.82, 2.24) is 0 Å². The van der Waals surface area contributed by atoms with Gasteiger partial charge in [0.25, 0.3) is 0 Å². The number of fused-ring (bicyclic) bond motifs is 2. The van der Waals surface area contributed by atoms with Crippen molar-refractivity contribution in [2.75, 3.05) is 0 Å². The zero-order valence-electron chi connectivity index (χ0n) is 10.8. The Hall–Kier alpha value is -1.37. The molecule has 92 valence electrons. The van der Waals surface area contributed by atoms with E-state index in [4.69, 9.17) is 0 Å². The molecule has 0 aliphatic heterocycles. The Kier molecular flexibility index (Phi) is 1.84. The molecule has 1 saturated carbocycles. The van der Waals surface area contributed by atoms with Gasteiger partial charge in [-0.3, -0.25) is 4.79 Å². The molecule has 1 aromatic carbocycles. The Morgan fingerprint density at radius 1 is 1.22 bits per heavy atom. The molecule has 3 aliphatic carbocycles. The van der Waals surface area contributed by atoms with Gasteiger partial charge in [-0.05, 0) is 36.2 Å². The molecule has 1 spiro atoms. The number of benzene rings is 1. The van der Waals surface area contributed by atoms with Crippen LogP contribution < -0.4 is 0 Å². The molecule has 1 aromatic rings. The highest BCUT2D eigenvalue weighted by atomic mass is 16.1. The molecule has 0 aromatic heterocycles. The molecule has 0 radical (unpaired) electrons. The van der Waals surface area contributed by atoms with Crippen LogP contribution in [-0.4, -0.2) is 5.78 Å². The lowest BCUT2D eigenvalue weighted by molar-refractivity contribution is 0.0913. The highest BCUT2D eigenvalue weighted by Gasteiger charge is 2.55. The Morgan fingerprint density at radius 3 is 2.94 bits per heavy atom. The number of hydrogen-bond donors (Lipinski definition) is 0. The van der Waals surface area contributed by atoms with Crippen LogP contribution in [0.25, 0.3) is 0 Å². The first-order valence-electron chi connectivity index (χ1n) is 6.95. The zero-order chi connectivity index (χ0) is 12.4. The van der Waals surface area contributed by atoms with E-state index in [0.717, 1.165) is 5.56 Å². The van der Waals surface area contributed by atoms with Crippen molar-refractivity contribution in [2.24, 2.45) is 11.3 Å². The highest BCUT2D eigenvalue weighted by Crippen LogP contribution is 2.61. The number of rotatable bonds is 0. The molecule has 18 heavy (non-hydrogen) atoms. The predicted molar refractivity (Wildman–Crippen MR) is 71.7 cm³/mol. The van der Waals surface area contributed by atoms with E-state index < -0.39 is 0 Å². The summed E-state index contributed by atoms with van der Waals surface area (Å²) in [5, 5.41) is 0. The average Bonchev–Trinajstić information content (AvgIpc) is 2.66. The molecule has 1 heteroatoms. The molecule has 4 rings (SSSR count). The first kappa shape index (κ1) is 10.5. The molecule has 0 saturated heterocycles. The van der Waals surface area contributed by atoms with Gasteiger partial charge in [-0.25, -0.2) is 0 Å². The Labute approximate surface area is 108 Å². The van der Waals surface area contributed by atoms with Crippen molar-refractivity contribution in [3.05, 3.63) is 47.5 Å². The smallest absolute Gasteiger partial charge is 0.163 e. The minimum absolute atomic E-state index is 0.258. The number of hydrogen-bond acceptors (Lipinski definition) is 1. The second-order valence-corrected chi connectivity index (χ2v) is 6.63. The molecule has 2 bridgehead atoms. The molecule has 1 fully saturated rings. The fourth-order valence-corrected chi connectivity index (χ4v) is 4.56. The Morgan fingerprint density at radius 2 is 2.06 bits per heavy atom. The minimum Gasteiger partial charge on any atom is -0.294 e. The van der Waals surface area contributed by atoms with Crippen LogP contribution in [0, 0.1) is 11.3 Å².